The van der Waals surface area contributed by atoms with E-state index in [1.54, 1.807) is 12.1 Å². The summed E-state index contributed by atoms with van der Waals surface area (Å²) in [6.45, 7) is 4.46. The summed E-state index contributed by atoms with van der Waals surface area (Å²) in [5, 5.41) is 2.50. The summed E-state index contributed by atoms with van der Waals surface area (Å²) in [6.07, 6.45) is 0.923. The van der Waals surface area contributed by atoms with Crippen LogP contribution >= 0.6 is 0 Å². The monoisotopic (exact) mass is 351 g/mol. The van der Waals surface area contributed by atoms with Gasteiger partial charge in [0.15, 0.2) is 0 Å². The van der Waals surface area contributed by atoms with Crippen LogP contribution in [0.5, 0.6) is 0 Å². The van der Waals surface area contributed by atoms with Gasteiger partial charge < -0.3 is 5.32 Å². The van der Waals surface area contributed by atoms with Crippen LogP contribution in [0.25, 0.3) is 0 Å². The lowest BCUT2D eigenvalue weighted by Gasteiger charge is -2.34. The first-order valence-electron chi connectivity index (χ1n) is 7.98. The number of nitrogens with one attached hydrogen (secondary N) is 1. The highest BCUT2D eigenvalue weighted by Gasteiger charge is 2.38. The zero-order valence-electron chi connectivity index (χ0n) is 13.8. The summed E-state index contributed by atoms with van der Waals surface area (Å²) in [5.74, 6) is -0.240. The second-order valence-corrected chi connectivity index (χ2v) is 8.24. The van der Waals surface area contributed by atoms with Crippen molar-refractivity contribution in [1.29, 1.82) is 0 Å². The quantitative estimate of drug-likeness (QED) is 0.824. The number of rotatable bonds is 3. The number of imide groups is 1. The summed E-state index contributed by atoms with van der Waals surface area (Å²) in [6, 6.07) is 4.51. The predicted octanol–water partition coefficient (Wildman–Crippen LogP) is 1.01. The Morgan fingerprint density at radius 3 is 2.29 bits per heavy atom. The van der Waals surface area contributed by atoms with Crippen LogP contribution in [0.4, 0.5) is 4.79 Å². The number of carbonyl (C=O) groups is 2. The minimum Gasteiger partial charge on any atom is -0.329 e. The summed E-state index contributed by atoms with van der Waals surface area (Å²) in [4.78, 5) is 25.0. The maximum atomic E-state index is 12.8. The Balaban J connectivity index is 1.72. The molecule has 2 fully saturated rings. The van der Waals surface area contributed by atoms with Crippen LogP contribution in [-0.4, -0.2) is 55.2 Å². The van der Waals surface area contributed by atoms with Crippen LogP contribution in [-0.2, 0) is 14.8 Å². The van der Waals surface area contributed by atoms with E-state index in [4.69, 9.17) is 0 Å². The summed E-state index contributed by atoms with van der Waals surface area (Å²) < 4.78 is 27.0. The molecule has 1 N–H and O–H groups in total. The Labute approximate surface area is 141 Å². The van der Waals surface area contributed by atoms with E-state index in [2.05, 4.69) is 5.32 Å². The SMILES string of the molecule is Cc1ccc(S(=O)(=O)N2CCC(N3C(=O)CNC3=O)CC2)cc1C. The normalized spacial score (nSPS) is 20.5. The molecule has 24 heavy (non-hydrogen) atoms. The Hall–Kier alpha value is -1.93. The number of carbonyl (C=O) groups excluding carboxylic acids is 2. The molecule has 0 aliphatic carbocycles. The fourth-order valence-corrected chi connectivity index (χ4v) is 4.72. The van der Waals surface area contributed by atoms with Gasteiger partial charge in [0.05, 0.1) is 11.4 Å². The molecule has 0 atom stereocenters. The van der Waals surface area contributed by atoms with Crippen LogP contribution in [0.2, 0.25) is 0 Å². The molecule has 0 unspecified atom stereocenters. The molecule has 130 valence electrons. The highest BCUT2D eigenvalue weighted by Crippen LogP contribution is 2.25. The summed E-state index contributed by atoms with van der Waals surface area (Å²) in [5.41, 5.74) is 1.98. The van der Waals surface area contributed by atoms with Crippen LogP contribution < -0.4 is 5.32 Å². The van der Waals surface area contributed by atoms with E-state index in [9.17, 15) is 18.0 Å². The van der Waals surface area contributed by atoms with Gasteiger partial charge in [-0.1, -0.05) is 6.07 Å². The van der Waals surface area contributed by atoms with Gasteiger partial charge in [-0.25, -0.2) is 13.2 Å². The van der Waals surface area contributed by atoms with Crippen molar-refractivity contribution in [2.24, 2.45) is 0 Å². The van der Waals surface area contributed by atoms with Crippen LogP contribution in [0.1, 0.15) is 24.0 Å². The third kappa shape index (κ3) is 2.91. The molecule has 7 nitrogen and oxygen atoms in total. The molecule has 2 heterocycles. The summed E-state index contributed by atoms with van der Waals surface area (Å²) >= 11 is 0. The van der Waals surface area contributed by atoms with Gasteiger partial charge in [0.1, 0.15) is 0 Å². The highest BCUT2D eigenvalue weighted by molar-refractivity contribution is 7.89. The zero-order chi connectivity index (χ0) is 17.5. The molecule has 1 aromatic rings. The van der Waals surface area contributed by atoms with Crippen molar-refractivity contribution >= 4 is 22.0 Å². The molecule has 0 spiro atoms. The van der Waals surface area contributed by atoms with E-state index in [1.165, 1.54) is 9.21 Å². The maximum absolute atomic E-state index is 12.8. The number of benzene rings is 1. The van der Waals surface area contributed by atoms with Crippen molar-refractivity contribution in [3.05, 3.63) is 29.3 Å². The van der Waals surface area contributed by atoms with Crippen LogP contribution in [0.15, 0.2) is 23.1 Å². The largest absolute Gasteiger partial charge is 0.329 e. The first-order chi connectivity index (χ1) is 11.3. The van der Waals surface area contributed by atoms with Gasteiger partial charge in [0.2, 0.25) is 15.9 Å². The van der Waals surface area contributed by atoms with E-state index >= 15 is 0 Å². The number of sulfonamides is 1. The first-order valence-corrected chi connectivity index (χ1v) is 9.42. The molecule has 2 saturated heterocycles. The molecule has 0 radical (unpaired) electrons. The molecule has 0 bridgehead atoms. The second-order valence-electron chi connectivity index (χ2n) is 6.30. The molecule has 2 aliphatic heterocycles. The lowest BCUT2D eigenvalue weighted by atomic mass is 10.1. The fourth-order valence-electron chi connectivity index (χ4n) is 3.17. The van der Waals surface area contributed by atoms with E-state index in [0.29, 0.717) is 30.8 Å². The molecule has 3 amide bonds. The minimum atomic E-state index is -3.55. The second kappa shape index (κ2) is 6.18. The standard InChI is InChI=1S/C16H21N3O4S/c1-11-3-4-14(9-12(11)2)24(22,23)18-7-5-13(6-8-18)19-15(20)10-17-16(19)21/h3-4,9,13H,5-8,10H2,1-2H3,(H,17,21). The third-order valence-electron chi connectivity index (χ3n) is 4.78. The first kappa shape index (κ1) is 16.9. The Morgan fingerprint density at radius 1 is 1.08 bits per heavy atom. The number of hydrogen-bond acceptors (Lipinski definition) is 4. The Bertz CT molecular complexity index is 767. The molecule has 0 aromatic heterocycles. The van der Waals surface area contributed by atoms with Gasteiger partial charge in [-0.15, -0.1) is 0 Å². The van der Waals surface area contributed by atoms with E-state index in [1.807, 2.05) is 19.9 Å². The number of amides is 3. The smallest absolute Gasteiger partial charge is 0.324 e. The van der Waals surface area contributed by atoms with Gasteiger partial charge in [-0.2, -0.15) is 4.31 Å². The van der Waals surface area contributed by atoms with Crippen LogP contribution in [0.3, 0.4) is 0 Å². The molecule has 0 saturated carbocycles. The van der Waals surface area contributed by atoms with Gasteiger partial charge in [0, 0.05) is 19.1 Å². The van der Waals surface area contributed by atoms with E-state index < -0.39 is 10.0 Å². The van der Waals surface area contributed by atoms with Gasteiger partial charge in [-0.05, 0) is 49.9 Å². The zero-order valence-corrected chi connectivity index (χ0v) is 14.6. The molecule has 1 aromatic carbocycles. The topological polar surface area (TPSA) is 86.8 Å². The van der Waals surface area contributed by atoms with Gasteiger partial charge >= 0.3 is 6.03 Å². The third-order valence-corrected chi connectivity index (χ3v) is 6.68. The van der Waals surface area contributed by atoms with Crippen molar-refractivity contribution in [3.8, 4) is 0 Å². The van der Waals surface area contributed by atoms with Crippen molar-refractivity contribution in [2.45, 2.75) is 37.6 Å². The van der Waals surface area contributed by atoms with Crippen molar-refractivity contribution < 1.29 is 18.0 Å². The predicted molar refractivity (Wildman–Crippen MR) is 87.9 cm³/mol. The molecular weight excluding hydrogens is 330 g/mol. The van der Waals surface area contributed by atoms with Crippen molar-refractivity contribution in [3.63, 3.8) is 0 Å². The molecule has 3 rings (SSSR count). The maximum Gasteiger partial charge on any atom is 0.324 e. The van der Waals surface area contributed by atoms with Gasteiger partial charge in [0.25, 0.3) is 0 Å². The average Bonchev–Trinajstić information content (AvgIpc) is 2.89. The number of urea groups is 1. The molecule has 8 heteroatoms. The van der Waals surface area contributed by atoms with Crippen molar-refractivity contribution in [2.75, 3.05) is 19.6 Å². The summed E-state index contributed by atoms with van der Waals surface area (Å²) in [7, 11) is -3.55. The number of aryl methyl sites for hydroxylation is 2. The Morgan fingerprint density at radius 2 is 1.75 bits per heavy atom. The highest BCUT2D eigenvalue weighted by atomic mass is 32.2. The lowest BCUT2D eigenvalue weighted by molar-refractivity contribution is -0.127. The van der Waals surface area contributed by atoms with Crippen LogP contribution in [0, 0.1) is 13.8 Å². The lowest BCUT2D eigenvalue weighted by Crippen LogP contribution is -2.48. The van der Waals surface area contributed by atoms with E-state index in [0.717, 1.165) is 11.1 Å². The minimum absolute atomic E-state index is 0.0278. The fraction of sp³-hybridized carbons (Fsp3) is 0.500. The number of nitrogens with zero attached hydrogens (tertiary/aromatic N) is 2. The van der Waals surface area contributed by atoms with E-state index in [-0.39, 0.29) is 24.5 Å². The molecule has 2 aliphatic rings. The average molecular weight is 351 g/mol. The number of piperidine rings is 1. The molecular formula is C16H21N3O4S. The van der Waals surface area contributed by atoms with Crippen molar-refractivity contribution in [1.82, 2.24) is 14.5 Å². The van der Waals surface area contributed by atoms with Gasteiger partial charge in [-0.3, -0.25) is 9.69 Å². The number of hydrogen-bond donors (Lipinski definition) is 1. The Kier molecular flexibility index (Phi) is 4.35.